The zero-order valence-electron chi connectivity index (χ0n) is 15.2. The number of benzene rings is 2. The van der Waals surface area contributed by atoms with Crippen LogP contribution >= 0.6 is 11.3 Å². The largest absolute Gasteiger partial charge is 0.497 e. The Morgan fingerprint density at radius 2 is 1.74 bits per heavy atom. The van der Waals surface area contributed by atoms with E-state index in [4.69, 9.17) is 9.47 Å². The molecule has 0 unspecified atom stereocenters. The van der Waals surface area contributed by atoms with Gasteiger partial charge < -0.3 is 14.8 Å². The van der Waals surface area contributed by atoms with Crippen LogP contribution in [0.2, 0.25) is 0 Å². The molecule has 0 spiro atoms. The molecule has 2 amide bonds. The van der Waals surface area contributed by atoms with Crippen LogP contribution in [0.5, 0.6) is 11.5 Å². The monoisotopic (exact) mass is 383 g/mol. The predicted octanol–water partition coefficient (Wildman–Crippen LogP) is 5.25. The highest BCUT2D eigenvalue weighted by molar-refractivity contribution is 7.14. The Balaban J connectivity index is 1.58. The second-order valence-corrected chi connectivity index (χ2v) is 6.58. The van der Waals surface area contributed by atoms with Crippen LogP contribution in [0.1, 0.15) is 13.3 Å². The quantitative estimate of drug-likeness (QED) is 0.584. The number of carbonyl (C=O) groups is 1. The van der Waals surface area contributed by atoms with Crippen molar-refractivity contribution in [2.75, 3.05) is 24.4 Å². The molecule has 27 heavy (non-hydrogen) atoms. The minimum atomic E-state index is -0.343. The Kier molecular flexibility index (Phi) is 6.27. The number of hydrogen-bond acceptors (Lipinski definition) is 5. The van der Waals surface area contributed by atoms with E-state index in [1.54, 1.807) is 31.4 Å². The molecule has 0 atom stereocenters. The van der Waals surface area contributed by atoms with Crippen LogP contribution < -0.4 is 20.1 Å². The Bertz CT molecular complexity index is 876. The predicted molar refractivity (Wildman–Crippen MR) is 109 cm³/mol. The summed E-state index contributed by atoms with van der Waals surface area (Å²) in [5.41, 5.74) is 2.45. The number of hydrogen-bond donors (Lipinski definition) is 2. The fourth-order valence-electron chi connectivity index (χ4n) is 2.34. The van der Waals surface area contributed by atoms with Crippen molar-refractivity contribution in [1.29, 1.82) is 0 Å². The summed E-state index contributed by atoms with van der Waals surface area (Å²) in [4.78, 5) is 16.6. The molecular formula is C20H21N3O3S. The van der Waals surface area contributed by atoms with Crippen molar-refractivity contribution in [2.24, 2.45) is 0 Å². The van der Waals surface area contributed by atoms with Crippen molar-refractivity contribution in [2.45, 2.75) is 13.3 Å². The van der Waals surface area contributed by atoms with Gasteiger partial charge >= 0.3 is 6.03 Å². The van der Waals surface area contributed by atoms with E-state index in [0.717, 1.165) is 29.2 Å². The van der Waals surface area contributed by atoms with Crippen molar-refractivity contribution in [1.82, 2.24) is 4.98 Å². The van der Waals surface area contributed by atoms with Crippen molar-refractivity contribution >= 4 is 28.2 Å². The lowest BCUT2D eigenvalue weighted by molar-refractivity contribution is 0.262. The number of thiazole rings is 1. The summed E-state index contributed by atoms with van der Waals surface area (Å²) in [5, 5.41) is 7.95. The maximum absolute atomic E-state index is 12.1. The summed E-state index contributed by atoms with van der Waals surface area (Å²) < 4.78 is 10.7. The Morgan fingerprint density at radius 1 is 1.04 bits per heavy atom. The first-order valence-electron chi connectivity index (χ1n) is 8.58. The zero-order valence-corrected chi connectivity index (χ0v) is 16.0. The molecule has 3 aromatic rings. The Labute approximate surface area is 162 Å². The number of amides is 2. The number of nitrogens with zero attached hydrogens (tertiary/aromatic N) is 1. The van der Waals surface area contributed by atoms with Gasteiger partial charge in [-0.1, -0.05) is 6.92 Å². The van der Waals surface area contributed by atoms with Gasteiger partial charge in [0.25, 0.3) is 0 Å². The van der Waals surface area contributed by atoms with Gasteiger partial charge in [-0.05, 0) is 55.0 Å². The minimum absolute atomic E-state index is 0.343. The third-order valence-electron chi connectivity index (χ3n) is 3.70. The van der Waals surface area contributed by atoms with Crippen LogP contribution in [-0.4, -0.2) is 24.7 Å². The Morgan fingerprint density at radius 3 is 2.41 bits per heavy atom. The van der Waals surface area contributed by atoms with E-state index >= 15 is 0 Å². The summed E-state index contributed by atoms with van der Waals surface area (Å²) in [7, 11) is 1.60. The van der Waals surface area contributed by atoms with Crippen LogP contribution in [0.25, 0.3) is 11.3 Å². The first-order chi connectivity index (χ1) is 13.2. The van der Waals surface area contributed by atoms with Crippen LogP contribution in [0.4, 0.5) is 15.6 Å². The molecule has 1 heterocycles. The molecule has 3 rings (SSSR count). The average Bonchev–Trinajstić information content (AvgIpc) is 3.15. The summed E-state index contributed by atoms with van der Waals surface area (Å²) >= 11 is 1.37. The van der Waals surface area contributed by atoms with Crippen molar-refractivity contribution in [3.8, 4) is 22.8 Å². The van der Waals surface area contributed by atoms with Gasteiger partial charge in [-0.3, -0.25) is 5.32 Å². The Hall–Kier alpha value is -3.06. The fraction of sp³-hybridized carbons (Fsp3) is 0.200. The highest BCUT2D eigenvalue weighted by atomic mass is 32.1. The minimum Gasteiger partial charge on any atom is -0.497 e. The SMILES string of the molecule is CCCOc1ccc(-c2csc(NC(=O)Nc3ccc(OC)cc3)n2)cc1. The van der Waals surface area contributed by atoms with Crippen LogP contribution in [0, 0.1) is 0 Å². The third-order valence-corrected chi connectivity index (χ3v) is 4.45. The summed E-state index contributed by atoms with van der Waals surface area (Å²) in [6.07, 6.45) is 0.974. The number of urea groups is 1. The second kappa shape index (κ2) is 9.05. The number of ether oxygens (including phenoxy) is 2. The zero-order chi connectivity index (χ0) is 19.1. The van der Waals surface area contributed by atoms with Gasteiger partial charge in [0, 0.05) is 16.6 Å². The molecule has 0 aliphatic rings. The molecule has 0 saturated heterocycles. The molecule has 0 aliphatic heterocycles. The third kappa shape index (κ3) is 5.21. The first kappa shape index (κ1) is 18.7. The van der Waals surface area contributed by atoms with E-state index in [2.05, 4.69) is 22.5 Å². The number of rotatable bonds is 7. The average molecular weight is 383 g/mol. The van der Waals surface area contributed by atoms with Gasteiger partial charge in [0.2, 0.25) is 0 Å². The molecule has 0 saturated carbocycles. The van der Waals surface area contributed by atoms with E-state index < -0.39 is 0 Å². The number of methoxy groups -OCH3 is 1. The van der Waals surface area contributed by atoms with Gasteiger partial charge in [0.15, 0.2) is 5.13 Å². The van der Waals surface area contributed by atoms with Gasteiger partial charge in [0.1, 0.15) is 11.5 Å². The lowest BCUT2D eigenvalue weighted by atomic mass is 10.2. The number of anilines is 2. The molecule has 2 aromatic carbocycles. The number of aromatic nitrogens is 1. The fourth-order valence-corrected chi connectivity index (χ4v) is 3.05. The molecule has 0 radical (unpaired) electrons. The molecular weight excluding hydrogens is 362 g/mol. The van der Waals surface area contributed by atoms with Gasteiger partial charge in [-0.2, -0.15) is 0 Å². The van der Waals surface area contributed by atoms with Crippen molar-refractivity contribution < 1.29 is 14.3 Å². The van der Waals surface area contributed by atoms with E-state index in [0.29, 0.717) is 17.4 Å². The molecule has 0 aliphatic carbocycles. The smallest absolute Gasteiger partial charge is 0.325 e. The number of nitrogens with one attached hydrogen (secondary N) is 2. The summed E-state index contributed by atoms with van der Waals surface area (Å²) in [5.74, 6) is 1.57. The van der Waals surface area contributed by atoms with Gasteiger partial charge in [0.05, 0.1) is 19.4 Å². The molecule has 6 nitrogen and oxygen atoms in total. The highest BCUT2D eigenvalue weighted by Crippen LogP contribution is 2.26. The lowest BCUT2D eigenvalue weighted by Gasteiger charge is -2.06. The van der Waals surface area contributed by atoms with Crippen LogP contribution in [0.15, 0.2) is 53.9 Å². The van der Waals surface area contributed by atoms with Crippen LogP contribution in [-0.2, 0) is 0 Å². The molecule has 0 bridgehead atoms. The normalized spacial score (nSPS) is 10.3. The van der Waals surface area contributed by atoms with Crippen molar-refractivity contribution in [3.63, 3.8) is 0 Å². The maximum atomic E-state index is 12.1. The lowest BCUT2D eigenvalue weighted by Crippen LogP contribution is -2.19. The van der Waals surface area contributed by atoms with Gasteiger partial charge in [-0.25, -0.2) is 9.78 Å². The number of carbonyl (C=O) groups excluding carboxylic acids is 1. The topological polar surface area (TPSA) is 72.5 Å². The highest BCUT2D eigenvalue weighted by Gasteiger charge is 2.09. The van der Waals surface area contributed by atoms with E-state index in [1.165, 1.54) is 11.3 Å². The van der Waals surface area contributed by atoms with E-state index in [-0.39, 0.29) is 6.03 Å². The molecule has 7 heteroatoms. The molecule has 0 fully saturated rings. The molecule has 1 aromatic heterocycles. The van der Waals surface area contributed by atoms with Crippen LogP contribution in [0.3, 0.4) is 0 Å². The molecule has 2 N–H and O–H groups in total. The first-order valence-corrected chi connectivity index (χ1v) is 9.46. The van der Waals surface area contributed by atoms with Gasteiger partial charge in [-0.15, -0.1) is 11.3 Å². The summed E-state index contributed by atoms with van der Waals surface area (Å²) in [6.45, 7) is 2.77. The molecule has 140 valence electrons. The van der Waals surface area contributed by atoms with E-state index in [1.807, 2.05) is 29.6 Å². The summed E-state index contributed by atoms with van der Waals surface area (Å²) in [6, 6.07) is 14.5. The standard InChI is InChI=1S/C20H21N3O3S/c1-3-12-26-17-8-4-14(5-9-17)18-13-27-20(22-18)23-19(24)21-15-6-10-16(25-2)11-7-15/h4-11,13H,3,12H2,1-2H3,(H2,21,22,23,24). The van der Waals surface area contributed by atoms with E-state index in [9.17, 15) is 4.79 Å². The van der Waals surface area contributed by atoms with Crippen molar-refractivity contribution in [3.05, 3.63) is 53.9 Å². The maximum Gasteiger partial charge on any atom is 0.325 e. The second-order valence-electron chi connectivity index (χ2n) is 5.72.